The Labute approximate surface area is 130 Å². The monoisotopic (exact) mass is 351 g/mol. The molecular weight excluding hydrogens is 338 g/mol. The number of hydrogen-bond donors (Lipinski definition) is 2. The summed E-state index contributed by atoms with van der Waals surface area (Å²) in [6.45, 7) is 2.14. The molecule has 6 nitrogen and oxygen atoms in total. The highest BCUT2D eigenvalue weighted by Gasteiger charge is 2.16. The van der Waals surface area contributed by atoms with Crippen molar-refractivity contribution in [3.63, 3.8) is 0 Å². The predicted octanol–water partition coefficient (Wildman–Crippen LogP) is 3.53. The van der Waals surface area contributed by atoms with Gasteiger partial charge in [0.2, 0.25) is 0 Å². The number of nitrogen functional groups attached to an aromatic ring is 1. The predicted molar refractivity (Wildman–Crippen MR) is 84.1 cm³/mol. The molecule has 2 aromatic carbocycles. The van der Waals surface area contributed by atoms with Gasteiger partial charge in [0.05, 0.1) is 4.92 Å². The van der Waals surface area contributed by atoms with E-state index in [1.54, 1.807) is 12.1 Å². The SMILES string of the molecule is Cc1cc(OCc2cccc([N+](=O)[O-])c2NN)ccc1Br. The highest BCUT2D eigenvalue weighted by molar-refractivity contribution is 9.10. The lowest BCUT2D eigenvalue weighted by Crippen LogP contribution is -2.12. The number of hydrogen-bond acceptors (Lipinski definition) is 5. The van der Waals surface area contributed by atoms with Crippen LogP contribution in [0.3, 0.4) is 0 Å². The molecule has 0 saturated heterocycles. The van der Waals surface area contributed by atoms with Crippen LogP contribution < -0.4 is 16.0 Å². The third-order valence-electron chi connectivity index (χ3n) is 2.99. The van der Waals surface area contributed by atoms with Gasteiger partial charge in [-0.1, -0.05) is 28.1 Å². The standard InChI is InChI=1S/C14H14BrN3O3/c1-9-7-11(5-6-12(9)15)21-8-10-3-2-4-13(18(19)20)14(10)17-16/h2-7,17H,8,16H2,1H3. The number of benzene rings is 2. The van der Waals surface area contributed by atoms with Crippen LogP contribution in [0.5, 0.6) is 5.75 Å². The van der Waals surface area contributed by atoms with Gasteiger partial charge in [-0.05, 0) is 30.7 Å². The third-order valence-corrected chi connectivity index (χ3v) is 3.88. The van der Waals surface area contributed by atoms with Gasteiger partial charge < -0.3 is 10.2 Å². The molecule has 7 heteroatoms. The molecule has 21 heavy (non-hydrogen) atoms. The van der Waals surface area contributed by atoms with Crippen LogP contribution in [-0.2, 0) is 6.61 Å². The summed E-state index contributed by atoms with van der Waals surface area (Å²) in [4.78, 5) is 10.5. The Morgan fingerprint density at radius 3 is 2.76 bits per heavy atom. The lowest BCUT2D eigenvalue weighted by atomic mass is 10.1. The lowest BCUT2D eigenvalue weighted by molar-refractivity contribution is -0.384. The Hall–Kier alpha value is -2.12. The minimum absolute atomic E-state index is 0.0782. The summed E-state index contributed by atoms with van der Waals surface area (Å²) in [5.41, 5.74) is 4.22. The number of nitrogens with zero attached hydrogens (tertiary/aromatic N) is 1. The summed E-state index contributed by atoms with van der Waals surface area (Å²) in [5.74, 6) is 6.07. The van der Waals surface area contributed by atoms with Crippen LogP contribution in [0.1, 0.15) is 11.1 Å². The van der Waals surface area contributed by atoms with Gasteiger partial charge in [-0.2, -0.15) is 0 Å². The fourth-order valence-corrected chi connectivity index (χ4v) is 2.14. The van der Waals surface area contributed by atoms with Gasteiger partial charge >= 0.3 is 0 Å². The van der Waals surface area contributed by atoms with E-state index in [1.807, 2.05) is 25.1 Å². The molecule has 0 aliphatic rings. The van der Waals surface area contributed by atoms with Crippen molar-refractivity contribution in [2.24, 2.45) is 5.84 Å². The average molecular weight is 352 g/mol. The number of halogens is 1. The van der Waals surface area contributed by atoms with Gasteiger partial charge in [-0.15, -0.1) is 0 Å². The number of nitrogens with two attached hydrogens (primary N) is 1. The van der Waals surface area contributed by atoms with Gasteiger partial charge in [0.15, 0.2) is 0 Å². The lowest BCUT2D eigenvalue weighted by Gasteiger charge is -2.11. The van der Waals surface area contributed by atoms with Crippen molar-refractivity contribution >= 4 is 27.3 Å². The molecule has 0 aromatic heterocycles. The second-order valence-electron chi connectivity index (χ2n) is 4.41. The summed E-state index contributed by atoms with van der Waals surface area (Å²) < 4.78 is 6.66. The van der Waals surface area contributed by atoms with Crippen molar-refractivity contribution in [2.45, 2.75) is 13.5 Å². The van der Waals surface area contributed by atoms with E-state index in [9.17, 15) is 10.1 Å². The van der Waals surface area contributed by atoms with Crippen LogP contribution in [0, 0.1) is 17.0 Å². The van der Waals surface area contributed by atoms with Gasteiger partial charge in [-0.3, -0.25) is 16.0 Å². The Morgan fingerprint density at radius 1 is 1.38 bits per heavy atom. The zero-order valence-electron chi connectivity index (χ0n) is 11.3. The molecular formula is C14H14BrN3O3. The molecule has 0 aliphatic heterocycles. The summed E-state index contributed by atoms with van der Waals surface area (Å²) in [5, 5.41) is 11.0. The van der Waals surface area contributed by atoms with Crippen LogP contribution in [0.25, 0.3) is 0 Å². The second-order valence-corrected chi connectivity index (χ2v) is 5.27. The van der Waals surface area contributed by atoms with Crippen LogP contribution in [0.4, 0.5) is 11.4 Å². The highest BCUT2D eigenvalue weighted by Crippen LogP contribution is 2.29. The molecule has 0 radical (unpaired) electrons. The Kier molecular flexibility index (Phi) is 4.77. The van der Waals surface area contributed by atoms with Crippen molar-refractivity contribution in [3.05, 3.63) is 62.1 Å². The smallest absolute Gasteiger partial charge is 0.294 e. The van der Waals surface area contributed by atoms with Gasteiger partial charge in [0.1, 0.15) is 18.0 Å². The first-order valence-electron chi connectivity index (χ1n) is 6.14. The minimum atomic E-state index is -0.484. The Balaban J connectivity index is 2.21. The summed E-state index contributed by atoms with van der Waals surface area (Å²) in [7, 11) is 0. The van der Waals surface area contributed by atoms with Gasteiger partial charge in [0, 0.05) is 16.1 Å². The zero-order chi connectivity index (χ0) is 15.4. The van der Waals surface area contributed by atoms with Gasteiger partial charge in [0.25, 0.3) is 5.69 Å². The molecule has 110 valence electrons. The number of nitrogens with one attached hydrogen (secondary N) is 1. The van der Waals surface area contributed by atoms with Crippen LogP contribution in [0.15, 0.2) is 40.9 Å². The van der Waals surface area contributed by atoms with E-state index in [0.717, 1.165) is 10.0 Å². The first kappa shape index (κ1) is 15.3. The summed E-state index contributed by atoms with van der Waals surface area (Å²) in [6.07, 6.45) is 0. The van der Waals surface area contributed by atoms with E-state index < -0.39 is 4.92 Å². The van der Waals surface area contributed by atoms with Crippen molar-refractivity contribution in [1.82, 2.24) is 0 Å². The fourth-order valence-electron chi connectivity index (χ4n) is 1.89. The average Bonchev–Trinajstić information content (AvgIpc) is 2.47. The molecule has 0 aliphatic carbocycles. The van der Waals surface area contributed by atoms with Crippen molar-refractivity contribution in [1.29, 1.82) is 0 Å². The quantitative estimate of drug-likeness (QED) is 0.488. The number of rotatable bonds is 5. The number of ether oxygens (including phenoxy) is 1. The zero-order valence-corrected chi connectivity index (χ0v) is 12.9. The van der Waals surface area contributed by atoms with E-state index in [0.29, 0.717) is 11.3 Å². The van der Waals surface area contributed by atoms with Crippen molar-refractivity contribution in [3.8, 4) is 5.75 Å². The molecule has 0 heterocycles. The number of para-hydroxylation sites is 1. The maximum atomic E-state index is 11.0. The van der Waals surface area contributed by atoms with Gasteiger partial charge in [-0.25, -0.2) is 0 Å². The van der Waals surface area contributed by atoms with E-state index in [1.165, 1.54) is 6.07 Å². The molecule has 0 atom stereocenters. The van der Waals surface area contributed by atoms with E-state index >= 15 is 0 Å². The largest absolute Gasteiger partial charge is 0.489 e. The first-order chi connectivity index (χ1) is 10.0. The van der Waals surface area contributed by atoms with Crippen LogP contribution >= 0.6 is 15.9 Å². The third kappa shape index (κ3) is 3.50. The topological polar surface area (TPSA) is 90.4 Å². The highest BCUT2D eigenvalue weighted by atomic mass is 79.9. The van der Waals surface area contributed by atoms with Crippen molar-refractivity contribution in [2.75, 3.05) is 5.43 Å². The Bertz CT molecular complexity index is 677. The molecule has 2 aromatic rings. The first-order valence-corrected chi connectivity index (χ1v) is 6.94. The van der Waals surface area contributed by atoms with Crippen LogP contribution in [0.2, 0.25) is 0 Å². The maximum absolute atomic E-state index is 11.0. The fraction of sp³-hybridized carbons (Fsp3) is 0.143. The summed E-state index contributed by atoms with van der Waals surface area (Å²) in [6, 6.07) is 10.3. The number of aryl methyl sites for hydroxylation is 1. The molecule has 3 N–H and O–H groups in total. The van der Waals surface area contributed by atoms with E-state index in [4.69, 9.17) is 10.6 Å². The molecule has 0 amide bonds. The van der Waals surface area contributed by atoms with E-state index in [2.05, 4.69) is 21.4 Å². The molecule has 0 bridgehead atoms. The van der Waals surface area contributed by atoms with Crippen LogP contribution in [-0.4, -0.2) is 4.92 Å². The molecule has 0 saturated carbocycles. The Morgan fingerprint density at radius 2 is 2.14 bits per heavy atom. The molecule has 2 rings (SSSR count). The molecule has 0 spiro atoms. The molecule has 0 unspecified atom stereocenters. The summed E-state index contributed by atoms with van der Waals surface area (Å²) >= 11 is 3.42. The number of nitro benzene ring substituents is 1. The van der Waals surface area contributed by atoms with E-state index in [-0.39, 0.29) is 18.0 Å². The normalized spacial score (nSPS) is 10.2. The number of hydrazine groups is 1. The maximum Gasteiger partial charge on any atom is 0.294 e. The minimum Gasteiger partial charge on any atom is -0.489 e. The number of nitro groups is 1. The molecule has 0 fully saturated rings. The number of anilines is 1. The second kappa shape index (κ2) is 6.55. The van der Waals surface area contributed by atoms with Crippen molar-refractivity contribution < 1.29 is 9.66 Å².